The van der Waals surface area contributed by atoms with Gasteiger partial charge in [-0.2, -0.15) is 0 Å². The topological polar surface area (TPSA) is 58.6 Å². The minimum atomic E-state index is -0.434. The molecule has 1 aliphatic heterocycles. The Morgan fingerprint density at radius 3 is 2.77 bits per heavy atom. The predicted octanol–water partition coefficient (Wildman–Crippen LogP) is 1.33. The molecule has 3 rings (SSSR count). The van der Waals surface area contributed by atoms with Crippen LogP contribution in [-0.2, 0) is 20.9 Å². The second-order valence-corrected chi connectivity index (χ2v) is 6.08. The van der Waals surface area contributed by atoms with E-state index in [1.54, 1.807) is 0 Å². The van der Waals surface area contributed by atoms with Crippen LogP contribution in [0.2, 0.25) is 0 Å². The van der Waals surface area contributed by atoms with Crippen LogP contribution in [0, 0.1) is 5.92 Å². The number of ether oxygens (including phenoxy) is 1. The quantitative estimate of drug-likeness (QED) is 0.806. The van der Waals surface area contributed by atoms with Crippen LogP contribution in [0.25, 0.3) is 0 Å². The van der Waals surface area contributed by atoms with Crippen molar-refractivity contribution in [3.63, 3.8) is 0 Å². The number of piperazine rings is 1. The van der Waals surface area contributed by atoms with Gasteiger partial charge in [0.25, 0.3) is 0 Å². The van der Waals surface area contributed by atoms with Crippen molar-refractivity contribution < 1.29 is 14.3 Å². The van der Waals surface area contributed by atoms with Gasteiger partial charge in [-0.05, 0) is 24.3 Å². The summed E-state index contributed by atoms with van der Waals surface area (Å²) in [5, 5.41) is 3.13. The Morgan fingerprint density at radius 1 is 1.27 bits per heavy atom. The molecule has 1 saturated carbocycles. The van der Waals surface area contributed by atoms with Crippen molar-refractivity contribution in [2.75, 3.05) is 19.6 Å². The first kappa shape index (κ1) is 15.0. The van der Waals surface area contributed by atoms with Gasteiger partial charge in [-0.3, -0.25) is 9.59 Å². The highest BCUT2D eigenvalue weighted by molar-refractivity contribution is 5.87. The van der Waals surface area contributed by atoms with E-state index in [0.29, 0.717) is 5.92 Å². The standard InChI is InChI=1S/C17H22N2O3/c20-16(22-12-14-4-2-1-3-5-14)10-15-17(21)19(9-8-18-15)11-13-6-7-13/h1-5,13,15,18H,6-12H2. The number of hydrogen-bond acceptors (Lipinski definition) is 4. The third-order valence-electron chi connectivity index (χ3n) is 4.17. The number of hydrogen-bond donors (Lipinski definition) is 1. The number of amides is 1. The minimum Gasteiger partial charge on any atom is -0.461 e. The van der Waals surface area contributed by atoms with Crippen LogP contribution in [0.4, 0.5) is 0 Å². The highest BCUT2D eigenvalue weighted by Gasteiger charge is 2.34. The number of esters is 1. The number of carbonyl (C=O) groups is 2. The largest absolute Gasteiger partial charge is 0.461 e. The van der Waals surface area contributed by atoms with Gasteiger partial charge in [-0.15, -0.1) is 0 Å². The van der Waals surface area contributed by atoms with E-state index in [-0.39, 0.29) is 24.9 Å². The summed E-state index contributed by atoms with van der Waals surface area (Å²) in [4.78, 5) is 26.2. The molecule has 1 N–H and O–H groups in total. The molecule has 1 saturated heterocycles. The molecule has 1 heterocycles. The van der Waals surface area contributed by atoms with Crippen LogP contribution in [0.15, 0.2) is 30.3 Å². The fourth-order valence-corrected chi connectivity index (χ4v) is 2.71. The molecular weight excluding hydrogens is 280 g/mol. The van der Waals surface area contributed by atoms with Crippen molar-refractivity contribution in [1.82, 2.24) is 10.2 Å². The number of nitrogens with zero attached hydrogens (tertiary/aromatic N) is 1. The Morgan fingerprint density at radius 2 is 2.05 bits per heavy atom. The summed E-state index contributed by atoms with van der Waals surface area (Å²) in [6.45, 7) is 2.59. The zero-order valence-corrected chi connectivity index (χ0v) is 12.7. The van der Waals surface area contributed by atoms with Crippen molar-refractivity contribution in [2.24, 2.45) is 5.92 Å². The van der Waals surface area contributed by atoms with Crippen molar-refractivity contribution >= 4 is 11.9 Å². The minimum absolute atomic E-state index is 0.0369. The zero-order chi connectivity index (χ0) is 15.4. The third kappa shape index (κ3) is 4.07. The molecular formula is C17H22N2O3. The Balaban J connectivity index is 1.46. The lowest BCUT2D eigenvalue weighted by Gasteiger charge is -2.32. The van der Waals surface area contributed by atoms with Crippen LogP contribution in [0.5, 0.6) is 0 Å². The van der Waals surface area contributed by atoms with Crippen molar-refractivity contribution in [3.05, 3.63) is 35.9 Å². The molecule has 5 heteroatoms. The van der Waals surface area contributed by atoms with Gasteiger partial charge in [0, 0.05) is 19.6 Å². The van der Waals surface area contributed by atoms with E-state index >= 15 is 0 Å². The summed E-state index contributed by atoms with van der Waals surface area (Å²) in [6, 6.07) is 9.13. The van der Waals surface area contributed by atoms with E-state index in [2.05, 4.69) is 5.32 Å². The Bertz CT molecular complexity index is 528. The van der Waals surface area contributed by atoms with Crippen molar-refractivity contribution in [2.45, 2.75) is 31.9 Å². The summed E-state index contributed by atoms with van der Waals surface area (Å²) in [5.74, 6) is 0.380. The van der Waals surface area contributed by atoms with Gasteiger partial charge in [0.05, 0.1) is 12.5 Å². The average molecular weight is 302 g/mol. The molecule has 0 radical (unpaired) electrons. The first-order valence-corrected chi connectivity index (χ1v) is 7.94. The van der Waals surface area contributed by atoms with E-state index in [4.69, 9.17) is 4.74 Å². The van der Waals surface area contributed by atoms with E-state index < -0.39 is 6.04 Å². The molecule has 1 atom stereocenters. The fraction of sp³-hybridized carbons (Fsp3) is 0.529. The van der Waals surface area contributed by atoms with E-state index in [9.17, 15) is 9.59 Å². The molecule has 0 bridgehead atoms. The van der Waals surface area contributed by atoms with Crippen LogP contribution in [0.1, 0.15) is 24.8 Å². The number of nitrogens with one attached hydrogen (secondary N) is 1. The molecule has 1 aromatic carbocycles. The van der Waals surface area contributed by atoms with Crippen LogP contribution >= 0.6 is 0 Å². The molecule has 1 unspecified atom stereocenters. The monoisotopic (exact) mass is 302 g/mol. The van der Waals surface area contributed by atoms with Gasteiger partial charge in [-0.1, -0.05) is 30.3 Å². The van der Waals surface area contributed by atoms with Gasteiger partial charge in [0.15, 0.2) is 0 Å². The van der Waals surface area contributed by atoms with E-state index in [0.717, 1.165) is 25.2 Å². The third-order valence-corrected chi connectivity index (χ3v) is 4.17. The lowest BCUT2D eigenvalue weighted by Crippen LogP contribution is -2.56. The van der Waals surface area contributed by atoms with Crippen LogP contribution < -0.4 is 5.32 Å². The van der Waals surface area contributed by atoms with Gasteiger partial charge < -0.3 is 15.0 Å². The van der Waals surface area contributed by atoms with Crippen molar-refractivity contribution in [1.29, 1.82) is 0 Å². The normalized spacial score (nSPS) is 21.7. The van der Waals surface area contributed by atoms with Crippen LogP contribution in [-0.4, -0.2) is 42.5 Å². The zero-order valence-electron chi connectivity index (χ0n) is 12.7. The van der Waals surface area contributed by atoms with Gasteiger partial charge in [0.2, 0.25) is 5.91 Å². The van der Waals surface area contributed by atoms with Crippen LogP contribution in [0.3, 0.4) is 0 Å². The fourth-order valence-electron chi connectivity index (χ4n) is 2.71. The summed E-state index contributed by atoms with van der Waals surface area (Å²) >= 11 is 0. The van der Waals surface area contributed by atoms with E-state index in [1.807, 2.05) is 35.2 Å². The Kier molecular flexibility index (Phi) is 4.73. The second-order valence-electron chi connectivity index (χ2n) is 6.08. The molecule has 5 nitrogen and oxygen atoms in total. The van der Waals surface area contributed by atoms with Gasteiger partial charge in [0.1, 0.15) is 6.61 Å². The summed E-state index contributed by atoms with van der Waals surface area (Å²) in [6.07, 6.45) is 2.55. The highest BCUT2D eigenvalue weighted by atomic mass is 16.5. The first-order chi connectivity index (χ1) is 10.7. The molecule has 2 aliphatic rings. The van der Waals surface area contributed by atoms with Crippen molar-refractivity contribution in [3.8, 4) is 0 Å². The molecule has 22 heavy (non-hydrogen) atoms. The van der Waals surface area contributed by atoms with Gasteiger partial charge in [-0.25, -0.2) is 0 Å². The smallest absolute Gasteiger partial charge is 0.308 e. The lowest BCUT2D eigenvalue weighted by molar-refractivity contribution is -0.149. The summed E-state index contributed by atoms with van der Waals surface area (Å²) in [5.41, 5.74) is 0.953. The Labute approximate surface area is 130 Å². The number of carbonyl (C=O) groups excluding carboxylic acids is 2. The Hall–Kier alpha value is -1.88. The molecule has 0 aromatic heterocycles. The molecule has 2 fully saturated rings. The average Bonchev–Trinajstić information content (AvgIpc) is 3.34. The maximum absolute atomic E-state index is 12.4. The highest BCUT2D eigenvalue weighted by Crippen LogP contribution is 2.30. The molecule has 118 valence electrons. The maximum atomic E-state index is 12.4. The first-order valence-electron chi connectivity index (χ1n) is 7.94. The lowest BCUT2D eigenvalue weighted by atomic mass is 10.1. The predicted molar refractivity (Wildman–Crippen MR) is 81.9 cm³/mol. The van der Waals surface area contributed by atoms with E-state index in [1.165, 1.54) is 12.8 Å². The molecule has 1 amide bonds. The maximum Gasteiger partial charge on any atom is 0.308 e. The SMILES string of the molecule is O=C(CC1NCCN(CC2CC2)C1=O)OCc1ccccc1. The molecule has 1 aromatic rings. The van der Waals surface area contributed by atoms with Gasteiger partial charge >= 0.3 is 5.97 Å². The second kappa shape index (κ2) is 6.92. The molecule has 1 aliphatic carbocycles. The number of rotatable bonds is 6. The summed E-state index contributed by atoms with van der Waals surface area (Å²) < 4.78 is 5.26. The summed E-state index contributed by atoms with van der Waals surface area (Å²) in [7, 11) is 0. The number of benzene rings is 1. The molecule has 0 spiro atoms.